The van der Waals surface area contributed by atoms with Gasteiger partial charge in [-0.2, -0.15) is 0 Å². The van der Waals surface area contributed by atoms with Crippen molar-refractivity contribution in [2.24, 2.45) is 5.92 Å². The molecule has 1 fully saturated rings. The van der Waals surface area contributed by atoms with Gasteiger partial charge in [0.05, 0.1) is 23.8 Å². The van der Waals surface area contributed by atoms with Gasteiger partial charge in [0, 0.05) is 35.2 Å². The zero-order valence-electron chi connectivity index (χ0n) is 19.2. The number of benzene rings is 2. The average Bonchev–Trinajstić information content (AvgIpc) is 3.15. The van der Waals surface area contributed by atoms with E-state index in [2.05, 4.69) is 5.10 Å². The van der Waals surface area contributed by atoms with Crippen molar-refractivity contribution in [3.05, 3.63) is 69.1 Å². The third-order valence-electron chi connectivity index (χ3n) is 6.05. The molecule has 4 aromatic rings. The van der Waals surface area contributed by atoms with E-state index in [1.165, 1.54) is 9.08 Å². The highest BCUT2D eigenvalue weighted by Gasteiger charge is 2.37. The lowest BCUT2D eigenvalue weighted by molar-refractivity contribution is -0.148. The summed E-state index contributed by atoms with van der Waals surface area (Å²) >= 11 is 12.3. The number of hydrogen-bond acceptors (Lipinski definition) is 6. The molecule has 8 nitrogen and oxygen atoms in total. The van der Waals surface area contributed by atoms with Crippen LogP contribution in [-0.4, -0.2) is 44.8 Å². The first kappa shape index (κ1) is 23.4. The molecule has 0 radical (unpaired) electrons. The predicted molar refractivity (Wildman–Crippen MR) is 136 cm³/mol. The van der Waals surface area contributed by atoms with E-state index in [9.17, 15) is 9.59 Å². The Morgan fingerprint density at radius 2 is 1.60 bits per heavy atom. The highest BCUT2D eigenvalue weighted by Crippen LogP contribution is 2.37. The van der Waals surface area contributed by atoms with Gasteiger partial charge < -0.3 is 9.64 Å². The summed E-state index contributed by atoms with van der Waals surface area (Å²) in [5.41, 5.74) is 3.20. The van der Waals surface area contributed by atoms with Gasteiger partial charge in [0.25, 0.3) is 0 Å². The third-order valence-corrected chi connectivity index (χ3v) is 6.55. The predicted octanol–water partition coefficient (Wildman–Crippen LogP) is 4.55. The molecule has 1 aliphatic rings. The van der Waals surface area contributed by atoms with Crippen LogP contribution in [0.25, 0.3) is 28.0 Å². The molecule has 0 bridgehead atoms. The van der Waals surface area contributed by atoms with E-state index in [4.69, 9.17) is 32.9 Å². The highest BCUT2D eigenvalue weighted by molar-refractivity contribution is 6.31. The van der Waals surface area contributed by atoms with E-state index in [0.29, 0.717) is 59.1 Å². The quantitative estimate of drug-likeness (QED) is 0.353. The maximum atomic E-state index is 13.3. The first-order chi connectivity index (χ1) is 16.9. The number of halogens is 2. The second kappa shape index (κ2) is 9.36. The van der Waals surface area contributed by atoms with Gasteiger partial charge in [0.2, 0.25) is 5.95 Å². The van der Waals surface area contributed by atoms with Crippen LogP contribution < -0.4 is 10.6 Å². The van der Waals surface area contributed by atoms with E-state index in [1.807, 2.05) is 36.1 Å². The number of fused-ring (bicyclic) bond motifs is 1. The lowest BCUT2D eigenvalue weighted by Crippen LogP contribution is -2.52. The van der Waals surface area contributed by atoms with Crippen molar-refractivity contribution in [3.63, 3.8) is 0 Å². The summed E-state index contributed by atoms with van der Waals surface area (Å²) in [6.45, 7) is 5.20. The molecule has 0 saturated carbocycles. The maximum absolute atomic E-state index is 13.3. The van der Waals surface area contributed by atoms with Gasteiger partial charge in [-0.25, -0.2) is 18.9 Å². The number of rotatable bonds is 6. The number of aryl methyl sites for hydroxylation is 1. The molecular weight excluding hydrogens is 489 g/mol. The Kier molecular flexibility index (Phi) is 6.25. The van der Waals surface area contributed by atoms with Gasteiger partial charge in [-0.15, -0.1) is 5.10 Å². The number of nitrogens with zero attached hydrogens (tertiary/aromatic N) is 5. The summed E-state index contributed by atoms with van der Waals surface area (Å²) in [7, 11) is 0. The largest absolute Gasteiger partial charge is 0.466 e. The monoisotopic (exact) mass is 511 g/mol. The lowest BCUT2D eigenvalue weighted by Gasteiger charge is -2.38. The van der Waals surface area contributed by atoms with Crippen LogP contribution in [0.1, 0.15) is 13.8 Å². The molecule has 0 spiro atoms. The molecule has 1 aliphatic heterocycles. The van der Waals surface area contributed by atoms with Gasteiger partial charge in [-0.3, -0.25) is 4.79 Å². The number of esters is 1. The number of hydrogen-bond donors (Lipinski definition) is 0. The molecule has 3 heterocycles. The van der Waals surface area contributed by atoms with E-state index >= 15 is 0 Å². The van der Waals surface area contributed by atoms with Gasteiger partial charge in [0.15, 0.2) is 5.65 Å². The topological polar surface area (TPSA) is 81.7 Å². The van der Waals surface area contributed by atoms with Gasteiger partial charge in [0.1, 0.15) is 0 Å². The van der Waals surface area contributed by atoms with Crippen molar-refractivity contribution in [3.8, 4) is 22.4 Å². The van der Waals surface area contributed by atoms with Crippen LogP contribution in [0.3, 0.4) is 0 Å². The molecule has 0 N–H and O–H groups in total. The normalized spacial score (nSPS) is 13.8. The molecule has 0 aliphatic carbocycles. The van der Waals surface area contributed by atoms with Gasteiger partial charge in [-0.1, -0.05) is 47.5 Å². The fourth-order valence-electron chi connectivity index (χ4n) is 4.23. The minimum absolute atomic E-state index is 0.243. The summed E-state index contributed by atoms with van der Waals surface area (Å²) in [6, 6.07) is 14.7. The Labute approximate surface area is 211 Å². The molecular formula is C25H23Cl2N5O3. The second-order valence-corrected chi connectivity index (χ2v) is 9.13. The summed E-state index contributed by atoms with van der Waals surface area (Å²) in [5, 5.41) is 5.88. The zero-order chi connectivity index (χ0) is 24.7. The third kappa shape index (κ3) is 4.17. The highest BCUT2D eigenvalue weighted by atomic mass is 35.5. The SMILES string of the molecule is CCOC(=O)C1CN(c2nc(-c3ccc(Cl)cc3)c(-c3ccc(Cl)cc3)c3nn(CC)c(=O)n23)C1. The maximum Gasteiger partial charge on any atom is 0.353 e. The van der Waals surface area contributed by atoms with Gasteiger partial charge in [-0.05, 0) is 43.7 Å². The molecule has 0 atom stereocenters. The fourth-order valence-corrected chi connectivity index (χ4v) is 4.48. The lowest BCUT2D eigenvalue weighted by atomic mass is 9.99. The van der Waals surface area contributed by atoms with Crippen molar-refractivity contribution < 1.29 is 9.53 Å². The zero-order valence-corrected chi connectivity index (χ0v) is 20.8. The second-order valence-electron chi connectivity index (χ2n) is 8.26. The van der Waals surface area contributed by atoms with Crippen LogP contribution in [0.15, 0.2) is 53.3 Å². The van der Waals surface area contributed by atoms with E-state index in [1.54, 1.807) is 31.2 Å². The summed E-state index contributed by atoms with van der Waals surface area (Å²) in [5.74, 6) is -0.0705. The van der Waals surface area contributed by atoms with E-state index < -0.39 is 0 Å². The first-order valence-corrected chi connectivity index (χ1v) is 12.1. The van der Waals surface area contributed by atoms with E-state index in [-0.39, 0.29) is 17.6 Å². The van der Waals surface area contributed by atoms with Crippen LogP contribution in [0.5, 0.6) is 0 Å². The Hall–Kier alpha value is -3.36. The summed E-state index contributed by atoms with van der Waals surface area (Å²) in [4.78, 5) is 32.4. The molecule has 180 valence electrons. The molecule has 0 unspecified atom stereocenters. The summed E-state index contributed by atoms with van der Waals surface area (Å²) < 4.78 is 8.09. The number of aromatic nitrogens is 4. The molecule has 10 heteroatoms. The Morgan fingerprint density at radius 1 is 1.00 bits per heavy atom. The van der Waals surface area contributed by atoms with Crippen LogP contribution in [0.4, 0.5) is 5.95 Å². The Bertz CT molecular complexity index is 1460. The van der Waals surface area contributed by atoms with Crippen molar-refractivity contribution in [1.29, 1.82) is 0 Å². The minimum Gasteiger partial charge on any atom is -0.466 e. The van der Waals surface area contributed by atoms with E-state index in [0.717, 1.165) is 11.1 Å². The standard InChI is InChI=1S/C25H23Cl2N5O3/c1-3-31-25(34)32-22(29-31)20(15-5-9-18(26)10-6-15)21(16-7-11-19(27)12-8-16)28-24(32)30-13-17(14-30)23(33)35-4-2/h5-12,17H,3-4,13-14H2,1-2H3. The minimum atomic E-state index is -0.289. The van der Waals surface area contributed by atoms with Crippen molar-refractivity contribution in [2.45, 2.75) is 20.4 Å². The first-order valence-electron chi connectivity index (χ1n) is 11.4. The molecule has 35 heavy (non-hydrogen) atoms. The number of carbonyl (C=O) groups is 1. The summed E-state index contributed by atoms with van der Waals surface area (Å²) in [6.07, 6.45) is 0. The number of anilines is 1. The van der Waals surface area contributed by atoms with Crippen LogP contribution in [-0.2, 0) is 16.1 Å². The van der Waals surface area contributed by atoms with Crippen LogP contribution in [0.2, 0.25) is 10.0 Å². The Morgan fingerprint density at radius 3 is 2.17 bits per heavy atom. The van der Waals surface area contributed by atoms with Gasteiger partial charge >= 0.3 is 11.7 Å². The molecule has 0 amide bonds. The van der Waals surface area contributed by atoms with Crippen LogP contribution in [0, 0.1) is 5.92 Å². The van der Waals surface area contributed by atoms with Crippen LogP contribution >= 0.6 is 23.2 Å². The fraction of sp³-hybridized carbons (Fsp3) is 0.280. The Balaban J connectivity index is 1.75. The van der Waals surface area contributed by atoms with Crippen molar-refractivity contribution in [1.82, 2.24) is 19.2 Å². The smallest absolute Gasteiger partial charge is 0.353 e. The average molecular weight is 512 g/mol. The van der Waals surface area contributed by atoms with Crippen molar-refractivity contribution in [2.75, 3.05) is 24.6 Å². The molecule has 2 aromatic heterocycles. The number of carbonyl (C=O) groups excluding carboxylic acids is 1. The molecule has 2 aromatic carbocycles. The number of ether oxygens (including phenoxy) is 1. The molecule has 1 saturated heterocycles. The van der Waals surface area contributed by atoms with Crippen molar-refractivity contribution >= 4 is 40.8 Å². The molecule has 5 rings (SSSR count).